The molecule has 7 nitrogen and oxygen atoms in total. The average Bonchev–Trinajstić information content (AvgIpc) is 3.07. The molecule has 0 radical (unpaired) electrons. The molecule has 0 bridgehead atoms. The lowest BCUT2D eigenvalue weighted by atomic mass is 9.84. The standard InChI is InChI=1S/C18H31N3O4/c1-13(2)18(3,11-15(22)23)19-16(24)14-7-6-10-21(12-14)17(25)20-8-4-5-9-20/h13-14H,4-12H2,1-3H3,(H,19,24)(H,22,23). The molecular weight excluding hydrogens is 322 g/mol. The Hall–Kier alpha value is -1.79. The number of carbonyl (C=O) groups is 3. The number of urea groups is 1. The minimum absolute atomic E-state index is 0.00141. The van der Waals surface area contributed by atoms with Crippen molar-refractivity contribution in [3.8, 4) is 0 Å². The summed E-state index contributed by atoms with van der Waals surface area (Å²) in [7, 11) is 0. The molecule has 2 aliphatic rings. The third kappa shape index (κ3) is 4.86. The van der Waals surface area contributed by atoms with Crippen molar-refractivity contribution >= 4 is 17.9 Å². The molecule has 2 fully saturated rings. The van der Waals surface area contributed by atoms with Crippen LogP contribution in [0.1, 0.15) is 52.9 Å². The molecule has 2 N–H and O–H groups in total. The first-order valence-electron chi connectivity index (χ1n) is 9.30. The van der Waals surface area contributed by atoms with E-state index in [1.54, 1.807) is 11.8 Å². The molecule has 2 heterocycles. The number of nitrogens with zero attached hydrogens (tertiary/aromatic N) is 2. The lowest BCUT2D eigenvalue weighted by Crippen LogP contribution is -2.56. The van der Waals surface area contributed by atoms with Crippen LogP contribution in [0.2, 0.25) is 0 Å². The fraction of sp³-hybridized carbons (Fsp3) is 0.833. The van der Waals surface area contributed by atoms with Gasteiger partial charge in [-0.15, -0.1) is 0 Å². The summed E-state index contributed by atoms with van der Waals surface area (Å²) < 4.78 is 0. The van der Waals surface area contributed by atoms with E-state index in [0.717, 1.165) is 38.8 Å². The number of carbonyl (C=O) groups excluding carboxylic acids is 2. The molecule has 0 aliphatic carbocycles. The van der Waals surface area contributed by atoms with Gasteiger partial charge in [0.05, 0.1) is 12.3 Å². The van der Waals surface area contributed by atoms with Crippen LogP contribution in [0, 0.1) is 11.8 Å². The van der Waals surface area contributed by atoms with Gasteiger partial charge in [0, 0.05) is 31.7 Å². The van der Waals surface area contributed by atoms with Gasteiger partial charge in [0.2, 0.25) is 5.91 Å². The molecule has 0 aromatic carbocycles. The Labute approximate surface area is 149 Å². The smallest absolute Gasteiger partial charge is 0.320 e. The minimum Gasteiger partial charge on any atom is -0.481 e. The number of hydrogen-bond donors (Lipinski definition) is 2. The summed E-state index contributed by atoms with van der Waals surface area (Å²) in [6.07, 6.45) is 3.52. The van der Waals surface area contributed by atoms with Gasteiger partial charge in [0.25, 0.3) is 0 Å². The minimum atomic E-state index is -0.925. The number of rotatable bonds is 5. The lowest BCUT2D eigenvalue weighted by molar-refractivity contribution is -0.140. The number of hydrogen-bond acceptors (Lipinski definition) is 3. The highest BCUT2D eigenvalue weighted by Crippen LogP contribution is 2.24. The van der Waals surface area contributed by atoms with Gasteiger partial charge in [-0.05, 0) is 38.5 Å². The van der Waals surface area contributed by atoms with Crippen molar-refractivity contribution in [3.05, 3.63) is 0 Å². The van der Waals surface area contributed by atoms with Crippen molar-refractivity contribution in [2.75, 3.05) is 26.2 Å². The molecule has 0 aromatic rings. The van der Waals surface area contributed by atoms with Crippen LogP contribution >= 0.6 is 0 Å². The first-order valence-corrected chi connectivity index (χ1v) is 9.30. The van der Waals surface area contributed by atoms with Gasteiger partial charge in [0.15, 0.2) is 0 Å². The largest absolute Gasteiger partial charge is 0.481 e. The molecule has 3 amide bonds. The van der Waals surface area contributed by atoms with E-state index >= 15 is 0 Å². The van der Waals surface area contributed by atoms with Crippen molar-refractivity contribution in [2.45, 2.75) is 58.4 Å². The van der Waals surface area contributed by atoms with Crippen LogP contribution in [-0.4, -0.2) is 64.5 Å². The monoisotopic (exact) mass is 353 g/mol. The Morgan fingerprint density at radius 3 is 2.28 bits per heavy atom. The first kappa shape index (κ1) is 19.5. The highest BCUT2D eigenvalue weighted by molar-refractivity contribution is 5.82. The first-order chi connectivity index (χ1) is 11.7. The van der Waals surface area contributed by atoms with E-state index in [4.69, 9.17) is 5.11 Å². The summed E-state index contributed by atoms with van der Waals surface area (Å²) in [5.41, 5.74) is -0.788. The third-order valence-corrected chi connectivity index (χ3v) is 5.64. The summed E-state index contributed by atoms with van der Waals surface area (Å²) in [6.45, 7) is 8.31. The van der Waals surface area contributed by atoms with Crippen molar-refractivity contribution in [3.63, 3.8) is 0 Å². The second-order valence-electron chi connectivity index (χ2n) is 7.89. The zero-order valence-corrected chi connectivity index (χ0v) is 15.6. The highest BCUT2D eigenvalue weighted by atomic mass is 16.4. The van der Waals surface area contributed by atoms with Gasteiger partial charge in [-0.3, -0.25) is 9.59 Å². The number of nitrogens with one attached hydrogen (secondary N) is 1. The number of piperidine rings is 1. The van der Waals surface area contributed by atoms with Gasteiger partial charge in [0.1, 0.15) is 0 Å². The molecule has 0 spiro atoms. The van der Waals surface area contributed by atoms with Gasteiger partial charge < -0.3 is 20.2 Å². The maximum atomic E-state index is 12.7. The maximum absolute atomic E-state index is 12.7. The van der Waals surface area contributed by atoms with E-state index in [9.17, 15) is 14.4 Å². The summed E-state index contributed by atoms with van der Waals surface area (Å²) in [4.78, 5) is 40.1. The SMILES string of the molecule is CC(C)C(C)(CC(=O)O)NC(=O)C1CCCN(C(=O)N2CCCC2)C1. The molecule has 2 saturated heterocycles. The van der Waals surface area contributed by atoms with Gasteiger partial charge in [-0.1, -0.05) is 13.8 Å². The second-order valence-corrected chi connectivity index (χ2v) is 7.89. The molecular formula is C18H31N3O4. The highest BCUT2D eigenvalue weighted by Gasteiger charge is 2.37. The Kier molecular flexibility index (Phi) is 6.30. The van der Waals surface area contributed by atoms with E-state index in [-0.39, 0.29) is 30.2 Å². The van der Waals surface area contributed by atoms with E-state index in [2.05, 4.69) is 5.32 Å². The quantitative estimate of drug-likeness (QED) is 0.790. The van der Waals surface area contributed by atoms with Gasteiger partial charge >= 0.3 is 12.0 Å². The van der Waals surface area contributed by atoms with E-state index in [0.29, 0.717) is 13.1 Å². The number of carboxylic acid groups (broad SMARTS) is 1. The predicted octanol–water partition coefficient (Wildman–Crippen LogP) is 1.92. The van der Waals surface area contributed by atoms with Gasteiger partial charge in [-0.2, -0.15) is 0 Å². The van der Waals surface area contributed by atoms with Crippen LogP contribution in [0.15, 0.2) is 0 Å². The number of likely N-dealkylation sites (tertiary alicyclic amines) is 2. The van der Waals surface area contributed by atoms with Crippen molar-refractivity contribution in [1.29, 1.82) is 0 Å². The Morgan fingerprint density at radius 1 is 1.12 bits per heavy atom. The molecule has 2 rings (SSSR count). The second kappa shape index (κ2) is 8.06. The molecule has 7 heteroatoms. The maximum Gasteiger partial charge on any atom is 0.320 e. The zero-order chi connectivity index (χ0) is 18.6. The Balaban J connectivity index is 1.98. The third-order valence-electron chi connectivity index (χ3n) is 5.64. The topological polar surface area (TPSA) is 90.0 Å². The number of carboxylic acids is 1. The number of amides is 3. The Bertz CT molecular complexity index is 516. The van der Waals surface area contributed by atoms with Gasteiger partial charge in [-0.25, -0.2) is 4.79 Å². The molecule has 142 valence electrons. The van der Waals surface area contributed by atoms with Crippen LogP contribution < -0.4 is 5.32 Å². The summed E-state index contributed by atoms with van der Waals surface area (Å²) in [5.74, 6) is -1.34. The summed E-state index contributed by atoms with van der Waals surface area (Å²) in [6, 6.07) is 0.0344. The Morgan fingerprint density at radius 2 is 1.72 bits per heavy atom. The van der Waals surface area contributed by atoms with Crippen molar-refractivity contribution < 1.29 is 19.5 Å². The molecule has 2 unspecified atom stereocenters. The van der Waals surface area contributed by atoms with Crippen LogP contribution in [0.3, 0.4) is 0 Å². The fourth-order valence-corrected chi connectivity index (χ4v) is 3.56. The number of aliphatic carboxylic acids is 1. The molecule has 0 aromatic heterocycles. The zero-order valence-electron chi connectivity index (χ0n) is 15.6. The normalized spacial score (nSPS) is 23.4. The van der Waals surface area contributed by atoms with Crippen LogP contribution in [0.5, 0.6) is 0 Å². The van der Waals surface area contributed by atoms with E-state index < -0.39 is 11.5 Å². The van der Waals surface area contributed by atoms with E-state index in [1.807, 2.05) is 18.7 Å². The van der Waals surface area contributed by atoms with Crippen LogP contribution in [-0.2, 0) is 9.59 Å². The van der Waals surface area contributed by atoms with Crippen LogP contribution in [0.25, 0.3) is 0 Å². The summed E-state index contributed by atoms with van der Waals surface area (Å²) in [5, 5.41) is 12.1. The van der Waals surface area contributed by atoms with E-state index in [1.165, 1.54) is 0 Å². The van der Waals surface area contributed by atoms with Crippen molar-refractivity contribution in [1.82, 2.24) is 15.1 Å². The molecule has 25 heavy (non-hydrogen) atoms. The van der Waals surface area contributed by atoms with Crippen LogP contribution in [0.4, 0.5) is 4.79 Å². The lowest BCUT2D eigenvalue weighted by Gasteiger charge is -2.38. The molecule has 2 aliphatic heterocycles. The molecule has 2 atom stereocenters. The molecule has 0 saturated carbocycles. The predicted molar refractivity (Wildman–Crippen MR) is 94.1 cm³/mol. The summed E-state index contributed by atoms with van der Waals surface area (Å²) >= 11 is 0. The average molecular weight is 353 g/mol. The van der Waals surface area contributed by atoms with Crippen molar-refractivity contribution in [2.24, 2.45) is 11.8 Å². The fourth-order valence-electron chi connectivity index (χ4n) is 3.56.